The predicted molar refractivity (Wildman–Crippen MR) is 108 cm³/mol. The minimum atomic E-state index is -0.254. The molecule has 1 aliphatic rings. The molecule has 0 saturated carbocycles. The van der Waals surface area contributed by atoms with Crippen LogP contribution in [0.2, 0.25) is 0 Å². The molecule has 5 nitrogen and oxygen atoms in total. The summed E-state index contributed by atoms with van der Waals surface area (Å²) in [5, 5.41) is 13.5. The highest BCUT2D eigenvalue weighted by molar-refractivity contribution is 5.26. The maximum absolute atomic E-state index is 13.4. The molecule has 3 aromatic rings. The molecule has 2 heterocycles. The maximum Gasteiger partial charge on any atom is 0.240 e. The molecule has 4 rings (SSSR count). The van der Waals surface area contributed by atoms with Gasteiger partial charge in [0.2, 0.25) is 5.89 Å². The number of hydrogen-bond acceptors (Lipinski definition) is 5. The van der Waals surface area contributed by atoms with Crippen LogP contribution < -0.4 is 0 Å². The second-order valence-corrected chi connectivity index (χ2v) is 7.74. The van der Waals surface area contributed by atoms with Crippen LogP contribution in [0.15, 0.2) is 53.1 Å². The molecule has 0 radical (unpaired) electrons. The van der Waals surface area contributed by atoms with Crippen LogP contribution >= 0.6 is 0 Å². The summed E-state index contributed by atoms with van der Waals surface area (Å²) in [6, 6.07) is 14.4. The topological polar surface area (TPSA) is 62.4 Å². The van der Waals surface area contributed by atoms with E-state index in [4.69, 9.17) is 4.52 Å². The van der Waals surface area contributed by atoms with Crippen molar-refractivity contribution in [2.75, 3.05) is 6.54 Å². The Labute approximate surface area is 170 Å². The van der Waals surface area contributed by atoms with Crippen LogP contribution in [0.25, 0.3) is 0 Å². The molecular weight excluding hydrogens is 369 g/mol. The zero-order chi connectivity index (χ0) is 20.1. The van der Waals surface area contributed by atoms with Gasteiger partial charge in [0.15, 0.2) is 5.82 Å². The van der Waals surface area contributed by atoms with Gasteiger partial charge >= 0.3 is 0 Å². The molecule has 1 atom stereocenters. The van der Waals surface area contributed by atoms with Gasteiger partial charge in [0.1, 0.15) is 11.6 Å². The van der Waals surface area contributed by atoms with Crippen LogP contribution in [0.1, 0.15) is 48.5 Å². The standard InChI is InChI=1S/C23H26FN3O2/c24-19-5-3-4-18(14-19)15-22-25-23(29-26-22)16-27-13-2-1-6-20(27)10-7-17-8-11-21(28)12-9-17/h3-5,8-9,11-12,14,20,28H,1-2,6-7,10,13,15-16H2/t20-/m0/s1. The Kier molecular flexibility index (Phi) is 6.20. The van der Waals surface area contributed by atoms with Crippen molar-refractivity contribution in [3.63, 3.8) is 0 Å². The van der Waals surface area contributed by atoms with Gasteiger partial charge in [0.25, 0.3) is 0 Å². The molecule has 0 bridgehead atoms. The van der Waals surface area contributed by atoms with Gasteiger partial charge in [-0.15, -0.1) is 0 Å². The van der Waals surface area contributed by atoms with Crippen LogP contribution in [0.5, 0.6) is 5.75 Å². The number of phenolic OH excluding ortho intramolecular Hbond substituents is 1. The van der Waals surface area contributed by atoms with Gasteiger partial charge in [-0.1, -0.05) is 35.8 Å². The molecule has 0 spiro atoms. The third kappa shape index (κ3) is 5.41. The minimum Gasteiger partial charge on any atom is -0.508 e. The number of hydrogen-bond donors (Lipinski definition) is 1. The van der Waals surface area contributed by atoms with Crippen molar-refractivity contribution in [2.24, 2.45) is 0 Å². The molecule has 6 heteroatoms. The molecule has 1 fully saturated rings. The van der Waals surface area contributed by atoms with Crippen LogP contribution in [-0.4, -0.2) is 32.7 Å². The number of phenols is 1. The molecule has 152 valence electrons. The lowest BCUT2D eigenvalue weighted by Crippen LogP contribution is -2.39. The first-order chi connectivity index (χ1) is 14.2. The summed E-state index contributed by atoms with van der Waals surface area (Å²) >= 11 is 0. The van der Waals surface area contributed by atoms with Crippen molar-refractivity contribution in [2.45, 2.75) is 51.1 Å². The first-order valence-electron chi connectivity index (χ1n) is 10.2. The van der Waals surface area contributed by atoms with Crippen molar-refractivity contribution >= 4 is 0 Å². The summed E-state index contributed by atoms with van der Waals surface area (Å²) in [4.78, 5) is 6.96. The normalized spacial score (nSPS) is 17.5. The summed E-state index contributed by atoms with van der Waals surface area (Å²) in [5.74, 6) is 1.26. The van der Waals surface area contributed by atoms with Crippen molar-refractivity contribution < 1.29 is 14.0 Å². The number of halogens is 1. The third-order valence-electron chi connectivity index (χ3n) is 5.55. The molecule has 0 unspecified atom stereocenters. The summed E-state index contributed by atoms with van der Waals surface area (Å²) in [7, 11) is 0. The lowest BCUT2D eigenvalue weighted by molar-refractivity contribution is 0.117. The van der Waals surface area contributed by atoms with E-state index in [1.807, 2.05) is 18.2 Å². The van der Waals surface area contributed by atoms with E-state index in [-0.39, 0.29) is 5.82 Å². The van der Waals surface area contributed by atoms with Gasteiger partial charge < -0.3 is 9.63 Å². The number of aryl methyl sites for hydroxylation is 1. The number of rotatable bonds is 7. The summed E-state index contributed by atoms with van der Waals surface area (Å²) in [6.45, 7) is 1.68. The minimum absolute atomic E-state index is 0.254. The molecule has 1 aliphatic heterocycles. The lowest BCUT2D eigenvalue weighted by atomic mass is 9.96. The number of aromatic nitrogens is 2. The van der Waals surface area contributed by atoms with Crippen LogP contribution in [0, 0.1) is 5.82 Å². The average molecular weight is 395 g/mol. The Balaban J connectivity index is 1.35. The van der Waals surface area contributed by atoms with Gasteiger partial charge in [-0.2, -0.15) is 4.98 Å². The Hall–Kier alpha value is -2.73. The van der Waals surface area contributed by atoms with Crippen LogP contribution in [0.4, 0.5) is 4.39 Å². The Morgan fingerprint density at radius 2 is 1.97 bits per heavy atom. The third-order valence-corrected chi connectivity index (χ3v) is 5.55. The number of likely N-dealkylation sites (tertiary alicyclic amines) is 1. The van der Waals surface area contributed by atoms with Crippen molar-refractivity contribution in [3.8, 4) is 5.75 Å². The molecule has 2 aromatic carbocycles. The summed E-state index contributed by atoms with van der Waals surface area (Å²) in [6.07, 6.45) is 6.10. The van der Waals surface area contributed by atoms with E-state index in [9.17, 15) is 9.50 Å². The monoisotopic (exact) mass is 395 g/mol. The van der Waals surface area contributed by atoms with E-state index in [2.05, 4.69) is 15.0 Å². The largest absolute Gasteiger partial charge is 0.508 e. The highest BCUT2D eigenvalue weighted by Gasteiger charge is 2.24. The molecular formula is C23H26FN3O2. The number of nitrogens with zero attached hydrogens (tertiary/aromatic N) is 3. The molecule has 1 aromatic heterocycles. The first-order valence-corrected chi connectivity index (χ1v) is 10.2. The summed E-state index contributed by atoms with van der Waals surface area (Å²) < 4.78 is 18.8. The van der Waals surface area contributed by atoms with E-state index in [1.54, 1.807) is 18.2 Å². The first kappa shape index (κ1) is 19.6. The van der Waals surface area contributed by atoms with Gasteiger partial charge in [-0.25, -0.2) is 4.39 Å². The number of benzene rings is 2. The van der Waals surface area contributed by atoms with Crippen molar-refractivity contribution in [3.05, 3.63) is 77.2 Å². The average Bonchev–Trinajstić information content (AvgIpc) is 3.15. The van der Waals surface area contributed by atoms with E-state index < -0.39 is 0 Å². The predicted octanol–water partition coefficient (Wildman–Crippen LogP) is 4.49. The highest BCUT2D eigenvalue weighted by atomic mass is 19.1. The lowest BCUT2D eigenvalue weighted by Gasteiger charge is -2.34. The molecule has 29 heavy (non-hydrogen) atoms. The van der Waals surface area contributed by atoms with E-state index in [0.29, 0.717) is 36.5 Å². The Morgan fingerprint density at radius 1 is 1.10 bits per heavy atom. The Bertz CT molecular complexity index is 926. The molecule has 1 N–H and O–H groups in total. The number of piperidine rings is 1. The summed E-state index contributed by atoms with van der Waals surface area (Å²) in [5.41, 5.74) is 2.07. The molecule has 0 aliphatic carbocycles. The zero-order valence-corrected chi connectivity index (χ0v) is 16.4. The smallest absolute Gasteiger partial charge is 0.240 e. The second-order valence-electron chi connectivity index (χ2n) is 7.74. The van der Waals surface area contributed by atoms with E-state index in [0.717, 1.165) is 24.9 Å². The fourth-order valence-corrected chi connectivity index (χ4v) is 4.02. The quantitative estimate of drug-likeness (QED) is 0.639. The highest BCUT2D eigenvalue weighted by Crippen LogP contribution is 2.24. The fraction of sp³-hybridized carbons (Fsp3) is 0.391. The van der Waals surface area contributed by atoms with Crippen molar-refractivity contribution in [1.29, 1.82) is 0 Å². The van der Waals surface area contributed by atoms with E-state index >= 15 is 0 Å². The molecule has 0 amide bonds. The number of aromatic hydroxyl groups is 1. The Morgan fingerprint density at radius 3 is 2.79 bits per heavy atom. The van der Waals surface area contributed by atoms with E-state index in [1.165, 1.54) is 37.0 Å². The van der Waals surface area contributed by atoms with Gasteiger partial charge in [-0.05, 0) is 67.6 Å². The van der Waals surface area contributed by atoms with Crippen molar-refractivity contribution in [1.82, 2.24) is 15.0 Å². The van der Waals surface area contributed by atoms with Gasteiger partial charge in [0, 0.05) is 12.5 Å². The van der Waals surface area contributed by atoms with Gasteiger partial charge in [-0.3, -0.25) is 4.90 Å². The fourth-order valence-electron chi connectivity index (χ4n) is 4.02. The second kappa shape index (κ2) is 9.18. The van der Waals surface area contributed by atoms with Gasteiger partial charge in [0.05, 0.1) is 6.54 Å². The van der Waals surface area contributed by atoms with Crippen LogP contribution in [0.3, 0.4) is 0 Å². The maximum atomic E-state index is 13.4. The molecule has 1 saturated heterocycles. The van der Waals surface area contributed by atoms with Crippen LogP contribution in [-0.2, 0) is 19.4 Å². The zero-order valence-electron chi connectivity index (χ0n) is 16.4. The SMILES string of the molecule is Oc1ccc(CC[C@@H]2CCCCN2Cc2nc(Cc3cccc(F)c3)no2)cc1.